The number of H-pyrrole nitrogens is 1. The molecule has 18 heavy (non-hydrogen) atoms. The standard InChI is InChI=1S/C11H16N6S/c1-7-5-18-4-3-17(7)10-8-9(14-6-13-8)15-11(12-2)16-10/h6-7H,3-5H2,1-2H3,(H2,12,13,14,15,16). The summed E-state index contributed by atoms with van der Waals surface area (Å²) in [7, 11) is 1.83. The van der Waals surface area contributed by atoms with Crippen LogP contribution in [-0.4, -0.2) is 51.1 Å². The number of thioether (sulfide) groups is 1. The van der Waals surface area contributed by atoms with Gasteiger partial charge in [0.25, 0.3) is 0 Å². The molecular weight excluding hydrogens is 248 g/mol. The molecule has 1 atom stereocenters. The molecule has 1 aliphatic heterocycles. The van der Waals surface area contributed by atoms with Gasteiger partial charge >= 0.3 is 0 Å². The lowest BCUT2D eigenvalue weighted by Gasteiger charge is -2.34. The van der Waals surface area contributed by atoms with E-state index in [1.807, 2.05) is 18.8 Å². The number of hydrogen-bond acceptors (Lipinski definition) is 6. The van der Waals surface area contributed by atoms with Crippen LogP contribution in [0.25, 0.3) is 11.2 Å². The van der Waals surface area contributed by atoms with Crippen LogP contribution < -0.4 is 10.2 Å². The SMILES string of the molecule is CNc1nc(N2CCSCC2C)c2[nH]cnc2n1. The van der Waals surface area contributed by atoms with Crippen LogP contribution in [0.2, 0.25) is 0 Å². The molecular formula is C11H16N6S. The number of aromatic amines is 1. The molecule has 6 nitrogen and oxygen atoms in total. The quantitative estimate of drug-likeness (QED) is 0.853. The van der Waals surface area contributed by atoms with Crippen LogP contribution in [0.1, 0.15) is 6.92 Å². The first-order chi connectivity index (χ1) is 8.79. The Morgan fingerprint density at radius 2 is 2.39 bits per heavy atom. The number of anilines is 2. The van der Waals surface area contributed by atoms with Gasteiger partial charge in [-0.15, -0.1) is 0 Å². The van der Waals surface area contributed by atoms with E-state index >= 15 is 0 Å². The van der Waals surface area contributed by atoms with E-state index in [9.17, 15) is 0 Å². The lowest BCUT2D eigenvalue weighted by molar-refractivity contribution is 0.692. The molecule has 0 amide bonds. The van der Waals surface area contributed by atoms with Crippen LogP contribution in [0.5, 0.6) is 0 Å². The van der Waals surface area contributed by atoms with E-state index in [0.717, 1.165) is 35.0 Å². The molecule has 1 fully saturated rings. The molecule has 1 unspecified atom stereocenters. The third-order valence-electron chi connectivity index (χ3n) is 3.13. The minimum Gasteiger partial charge on any atom is -0.357 e. The third kappa shape index (κ3) is 1.88. The van der Waals surface area contributed by atoms with Crippen LogP contribution in [0, 0.1) is 0 Å². The van der Waals surface area contributed by atoms with E-state index in [-0.39, 0.29) is 0 Å². The Morgan fingerprint density at radius 3 is 3.17 bits per heavy atom. The van der Waals surface area contributed by atoms with Crippen molar-refractivity contribution >= 4 is 34.7 Å². The monoisotopic (exact) mass is 264 g/mol. The Kier molecular flexibility index (Phi) is 2.99. The fourth-order valence-corrected chi connectivity index (χ4v) is 3.19. The zero-order valence-corrected chi connectivity index (χ0v) is 11.3. The van der Waals surface area contributed by atoms with Gasteiger partial charge in [-0.25, -0.2) is 4.98 Å². The molecule has 0 saturated carbocycles. The van der Waals surface area contributed by atoms with Gasteiger partial charge in [-0.2, -0.15) is 21.7 Å². The van der Waals surface area contributed by atoms with Crippen molar-refractivity contribution in [3.8, 4) is 0 Å². The smallest absolute Gasteiger partial charge is 0.226 e. The van der Waals surface area contributed by atoms with Gasteiger partial charge in [0.05, 0.1) is 6.33 Å². The number of rotatable bonds is 2. The Bertz CT molecular complexity index is 553. The van der Waals surface area contributed by atoms with E-state index in [0.29, 0.717) is 12.0 Å². The van der Waals surface area contributed by atoms with Gasteiger partial charge in [0.1, 0.15) is 5.52 Å². The van der Waals surface area contributed by atoms with E-state index in [1.165, 1.54) is 0 Å². The maximum Gasteiger partial charge on any atom is 0.226 e. The van der Waals surface area contributed by atoms with Crippen molar-refractivity contribution in [3.63, 3.8) is 0 Å². The van der Waals surface area contributed by atoms with Crippen molar-refractivity contribution in [2.45, 2.75) is 13.0 Å². The topological polar surface area (TPSA) is 69.7 Å². The molecule has 7 heteroatoms. The fraction of sp³-hybridized carbons (Fsp3) is 0.545. The van der Waals surface area contributed by atoms with Crippen molar-refractivity contribution in [2.75, 3.05) is 35.3 Å². The van der Waals surface area contributed by atoms with Gasteiger partial charge in [-0.3, -0.25) is 0 Å². The molecule has 2 N–H and O–H groups in total. The normalized spacial score (nSPS) is 20.3. The summed E-state index contributed by atoms with van der Waals surface area (Å²) in [5.41, 5.74) is 1.64. The van der Waals surface area contributed by atoms with Gasteiger partial charge in [-0.05, 0) is 6.92 Å². The van der Waals surface area contributed by atoms with E-state index in [2.05, 4.69) is 37.1 Å². The highest BCUT2D eigenvalue weighted by molar-refractivity contribution is 7.99. The predicted octanol–water partition coefficient (Wildman–Crippen LogP) is 1.34. The molecule has 1 aliphatic rings. The second-order valence-electron chi connectivity index (χ2n) is 4.34. The first kappa shape index (κ1) is 11.6. The van der Waals surface area contributed by atoms with Crippen molar-refractivity contribution in [1.82, 2.24) is 19.9 Å². The van der Waals surface area contributed by atoms with Crippen LogP contribution in [-0.2, 0) is 0 Å². The van der Waals surface area contributed by atoms with Gasteiger partial charge in [-0.1, -0.05) is 0 Å². The second kappa shape index (κ2) is 4.64. The summed E-state index contributed by atoms with van der Waals surface area (Å²) in [4.78, 5) is 18.6. The summed E-state index contributed by atoms with van der Waals surface area (Å²) in [6, 6.07) is 0.481. The molecule has 1 saturated heterocycles. The van der Waals surface area contributed by atoms with Crippen molar-refractivity contribution in [2.24, 2.45) is 0 Å². The van der Waals surface area contributed by atoms with Gasteiger partial charge in [0.15, 0.2) is 11.5 Å². The molecule has 2 aromatic rings. The number of imidazole rings is 1. The summed E-state index contributed by atoms with van der Waals surface area (Å²) in [6.07, 6.45) is 1.67. The highest BCUT2D eigenvalue weighted by atomic mass is 32.2. The van der Waals surface area contributed by atoms with Gasteiger partial charge in [0, 0.05) is 31.1 Å². The summed E-state index contributed by atoms with van der Waals surface area (Å²) < 4.78 is 0. The maximum atomic E-state index is 4.59. The van der Waals surface area contributed by atoms with Crippen LogP contribution in [0.3, 0.4) is 0 Å². The number of hydrogen-bond donors (Lipinski definition) is 2. The predicted molar refractivity (Wildman–Crippen MR) is 75.4 cm³/mol. The maximum absolute atomic E-state index is 4.59. The molecule has 0 aliphatic carbocycles. The van der Waals surface area contributed by atoms with Crippen molar-refractivity contribution in [3.05, 3.63) is 6.33 Å². The minimum absolute atomic E-state index is 0.481. The highest BCUT2D eigenvalue weighted by Gasteiger charge is 2.23. The summed E-state index contributed by atoms with van der Waals surface area (Å²) >= 11 is 1.99. The van der Waals surface area contributed by atoms with E-state index in [4.69, 9.17) is 0 Å². The Morgan fingerprint density at radius 1 is 1.50 bits per heavy atom. The zero-order chi connectivity index (χ0) is 12.5. The van der Waals surface area contributed by atoms with Gasteiger partial charge < -0.3 is 15.2 Å². The summed E-state index contributed by atoms with van der Waals surface area (Å²) in [6.45, 7) is 3.25. The lowest BCUT2D eigenvalue weighted by atomic mass is 10.3. The molecule has 3 rings (SSSR count). The fourth-order valence-electron chi connectivity index (χ4n) is 2.18. The molecule has 0 bridgehead atoms. The molecule has 2 aromatic heterocycles. The number of nitrogens with one attached hydrogen (secondary N) is 2. The van der Waals surface area contributed by atoms with E-state index < -0.39 is 0 Å². The van der Waals surface area contributed by atoms with Crippen LogP contribution in [0.4, 0.5) is 11.8 Å². The Hall–Kier alpha value is -1.50. The first-order valence-corrected chi connectivity index (χ1v) is 7.18. The van der Waals surface area contributed by atoms with Gasteiger partial charge in [0.2, 0.25) is 5.95 Å². The van der Waals surface area contributed by atoms with E-state index in [1.54, 1.807) is 6.33 Å². The third-order valence-corrected chi connectivity index (χ3v) is 4.32. The molecule has 0 radical (unpaired) electrons. The molecule has 96 valence electrons. The van der Waals surface area contributed by atoms with Crippen LogP contribution in [0.15, 0.2) is 6.33 Å². The summed E-state index contributed by atoms with van der Waals surface area (Å²) in [5, 5.41) is 3.00. The average Bonchev–Trinajstić information content (AvgIpc) is 2.86. The largest absolute Gasteiger partial charge is 0.357 e. The second-order valence-corrected chi connectivity index (χ2v) is 5.49. The molecule has 0 aromatic carbocycles. The highest BCUT2D eigenvalue weighted by Crippen LogP contribution is 2.27. The Balaban J connectivity index is 2.10. The summed E-state index contributed by atoms with van der Waals surface area (Å²) in [5.74, 6) is 3.84. The molecule has 3 heterocycles. The lowest BCUT2D eigenvalue weighted by Crippen LogP contribution is -2.41. The number of aromatic nitrogens is 4. The van der Waals surface area contributed by atoms with Crippen LogP contribution >= 0.6 is 11.8 Å². The molecule has 0 spiro atoms. The van der Waals surface area contributed by atoms with Crippen molar-refractivity contribution < 1.29 is 0 Å². The number of nitrogens with zero attached hydrogens (tertiary/aromatic N) is 4. The first-order valence-electron chi connectivity index (χ1n) is 6.03. The minimum atomic E-state index is 0.481. The Labute approximate surface area is 110 Å². The zero-order valence-electron chi connectivity index (χ0n) is 10.5. The average molecular weight is 264 g/mol. The number of fused-ring (bicyclic) bond motifs is 1. The van der Waals surface area contributed by atoms with Crippen molar-refractivity contribution in [1.29, 1.82) is 0 Å².